The molecule has 1 heterocycles. The highest BCUT2D eigenvalue weighted by Crippen LogP contribution is 2.28. The molecule has 1 aliphatic rings. The second-order valence-electron chi connectivity index (χ2n) is 5.39. The summed E-state index contributed by atoms with van der Waals surface area (Å²) >= 11 is 0. The molecule has 0 saturated carbocycles. The van der Waals surface area contributed by atoms with Crippen molar-refractivity contribution in [3.63, 3.8) is 0 Å². The molecule has 1 aromatic rings. The van der Waals surface area contributed by atoms with Gasteiger partial charge < -0.3 is 4.74 Å². The third-order valence-corrected chi connectivity index (χ3v) is 3.71. The van der Waals surface area contributed by atoms with Crippen LogP contribution in [0, 0.1) is 5.92 Å². The van der Waals surface area contributed by atoms with E-state index in [0.29, 0.717) is 12.5 Å². The summed E-state index contributed by atoms with van der Waals surface area (Å²) in [5, 5.41) is 0. The van der Waals surface area contributed by atoms with E-state index in [1.807, 2.05) is 35.2 Å². The van der Waals surface area contributed by atoms with Gasteiger partial charge in [-0.2, -0.15) is 4.57 Å². The maximum absolute atomic E-state index is 11.7. The fourth-order valence-corrected chi connectivity index (χ4v) is 2.37. The summed E-state index contributed by atoms with van der Waals surface area (Å²) in [7, 11) is 0. The fraction of sp³-hybridized carbons (Fsp3) is 0.412. The first-order valence-corrected chi connectivity index (χ1v) is 7.08. The van der Waals surface area contributed by atoms with Gasteiger partial charge in [-0.3, -0.25) is 0 Å². The largest absolute Gasteiger partial charge is 0.456 e. The Kier molecular flexibility index (Phi) is 5.10. The Bertz CT molecular complexity index is 505. The maximum Gasteiger partial charge on any atom is 0.372 e. The van der Waals surface area contributed by atoms with Crippen molar-refractivity contribution in [1.29, 1.82) is 0 Å². The van der Waals surface area contributed by atoms with Crippen LogP contribution >= 0.6 is 0 Å². The molecular formula is C17H22NO2+. The number of carbonyl (C=O) groups excluding carboxylic acids is 1. The van der Waals surface area contributed by atoms with Crippen molar-refractivity contribution in [1.82, 2.24) is 0 Å². The Hall–Kier alpha value is -1.90. The van der Waals surface area contributed by atoms with Crippen molar-refractivity contribution in [3.8, 4) is 0 Å². The lowest BCUT2D eigenvalue weighted by Crippen LogP contribution is -2.37. The summed E-state index contributed by atoms with van der Waals surface area (Å²) in [6.45, 7) is 6.78. The monoisotopic (exact) mass is 272 g/mol. The first-order chi connectivity index (χ1) is 9.65. The Morgan fingerprint density at radius 2 is 2.15 bits per heavy atom. The van der Waals surface area contributed by atoms with Crippen LogP contribution in [0.1, 0.15) is 26.2 Å². The fourth-order valence-electron chi connectivity index (χ4n) is 2.37. The minimum atomic E-state index is -0.191. The maximum atomic E-state index is 11.7. The summed E-state index contributed by atoms with van der Waals surface area (Å²) in [5.41, 5.74) is 2.48. The van der Waals surface area contributed by atoms with Crippen LogP contribution in [-0.2, 0) is 16.1 Å². The van der Waals surface area contributed by atoms with E-state index in [1.165, 1.54) is 11.1 Å². The van der Waals surface area contributed by atoms with Crippen LogP contribution in [0.25, 0.3) is 0 Å². The highest BCUT2D eigenvalue weighted by Gasteiger charge is 2.16. The third kappa shape index (κ3) is 4.34. The molecule has 0 N–H and O–H groups in total. The molecule has 1 aromatic heterocycles. The zero-order valence-corrected chi connectivity index (χ0v) is 12.0. The quantitative estimate of drug-likeness (QED) is 0.469. The van der Waals surface area contributed by atoms with E-state index in [4.69, 9.17) is 4.74 Å². The molecule has 106 valence electrons. The van der Waals surface area contributed by atoms with Crippen molar-refractivity contribution in [3.05, 3.63) is 54.4 Å². The molecule has 1 atom stereocenters. The second-order valence-corrected chi connectivity index (χ2v) is 5.39. The first kappa shape index (κ1) is 14.5. The summed E-state index contributed by atoms with van der Waals surface area (Å²) in [6.07, 6.45) is 9.06. The van der Waals surface area contributed by atoms with Crippen LogP contribution in [-0.4, -0.2) is 12.6 Å². The predicted molar refractivity (Wildman–Crippen MR) is 77.8 cm³/mol. The number of ether oxygens (including phenoxy) is 1. The molecule has 0 spiro atoms. The predicted octanol–water partition coefficient (Wildman–Crippen LogP) is 2.82. The zero-order valence-electron chi connectivity index (χ0n) is 12.0. The van der Waals surface area contributed by atoms with Gasteiger partial charge in [-0.25, -0.2) is 4.79 Å². The van der Waals surface area contributed by atoms with Gasteiger partial charge in [0.15, 0.2) is 12.4 Å². The van der Waals surface area contributed by atoms with Crippen molar-refractivity contribution in [2.24, 2.45) is 5.92 Å². The Balaban J connectivity index is 1.76. The number of nitrogens with zero attached hydrogens (tertiary/aromatic N) is 1. The molecule has 3 heteroatoms. The van der Waals surface area contributed by atoms with Crippen LogP contribution in [0.3, 0.4) is 0 Å². The Labute approximate surface area is 120 Å². The average Bonchev–Trinajstić information content (AvgIpc) is 2.46. The molecule has 0 fully saturated rings. The van der Waals surface area contributed by atoms with Crippen LogP contribution in [0.2, 0.25) is 0 Å². The molecule has 0 aromatic carbocycles. The number of pyridine rings is 1. The average molecular weight is 272 g/mol. The number of esters is 1. The van der Waals surface area contributed by atoms with Crippen LogP contribution in [0.5, 0.6) is 0 Å². The zero-order chi connectivity index (χ0) is 14.4. The summed E-state index contributed by atoms with van der Waals surface area (Å²) in [4.78, 5) is 11.7. The molecule has 0 bridgehead atoms. The smallest absolute Gasteiger partial charge is 0.372 e. The Morgan fingerprint density at radius 3 is 2.75 bits per heavy atom. The van der Waals surface area contributed by atoms with Crippen molar-refractivity contribution < 1.29 is 14.1 Å². The minimum absolute atomic E-state index is 0.191. The van der Waals surface area contributed by atoms with Crippen LogP contribution in [0.15, 0.2) is 54.4 Å². The standard InChI is InChI=1S/C17H22NO2/c1-14(2)16-8-6-15(7-9-16)13-20-17(19)12-18-10-4-3-5-11-18/h3-6,10-11,16H,1,7-9,12-13H2,2H3/q+1/t16-/m1/s1. The summed E-state index contributed by atoms with van der Waals surface area (Å²) < 4.78 is 7.14. The lowest BCUT2D eigenvalue weighted by molar-refractivity contribution is -0.686. The minimum Gasteiger partial charge on any atom is -0.456 e. The van der Waals surface area contributed by atoms with Gasteiger partial charge in [0.05, 0.1) is 0 Å². The van der Waals surface area contributed by atoms with E-state index in [2.05, 4.69) is 19.6 Å². The molecular weight excluding hydrogens is 250 g/mol. The lowest BCUT2D eigenvalue weighted by Gasteiger charge is -2.21. The topological polar surface area (TPSA) is 30.2 Å². The molecule has 0 saturated heterocycles. The van der Waals surface area contributed by atoms with E-state index in [0.717, 1.165) is 19.3 Å². The van der Waals surface area contributed by atoms with E-state index >= 15 is 0 Å². The molecule has 0 amide bonds. The van der Waals surface area contributed by atoms with Gasteiger partial charge in [0, 0.05) is 12.1 Å². The highest BCUT2D eigenvalue weighted by atomic mass is 16.5. The van der Waals surface area contributed by atoms with Gasteiger partial charge in [-0.1, -0.05) is 24.3 Å². The number of hydrogen-bond acceptors (Lipinski definition) is 2. The first-order valence-electron chi connectivity index (χ1n) is 7.08. The second kappa shape index (κ2) is 7.04. The van der Waals surface area contributed by atoms with E-state index in [-0.39, 0.29) is 12.5 Å². The normalized spacial score (nSPS) is 18.2. The van der Waals surface area contributed by atoms with Crippen LogP contribution in [0.4, 0.5) is 0 Å². The van der Waals surface area contributed by atoms with Crippen LogP contribution < -0.4 is 4.57 Å². The molecule has 1 aliphatic carbocycles. The number of allylic oxidation sites excluding steroid dienone is 2. The number of rotatable bonds is 5. The third-order valence-electron chi connectivity index (χ3n) is 3.71. The lowest BCUT2D eigenvalue weighted by atomic mass is 9.86. The highest BCUT2D eigenvalue weighted by molar-refractivity contribution is 5.67. The summed E-state index contributed by atoms with van der Waals surface area (Å²) in [6, 6.07) is 5.72. The number of carbonyl (C=O) groups is 1. The number of hydrogen-bond donors (Lipinski definition) is 0. The number of aromatic nitrogens is 1. The van der Waals surface area contributed by atoms with Crippen molar-refractivity contribution >= 4 is 5.97 Å². The Morgan fingerprint density at radius 1 is 1.40 bits per heavy atom. The van der Waals surface area contributed by atoms with Gasteiger partial charge in [-0.05, 0) is 37.7 Å². The van der Waals surface area contributed by atoms with Crippen molar-refractivity contribution in [2.45, 2.75) is 32.7 Å². The van der Waals surface area contributed by atoms with Gasteiger partial charge in [0.1, 0.15) is 6.61 Å². The molecule has 0 aliphatic heterocycles. The van der Waals surface area contributed by atoms with E-state index in [9.17, 15) is 4.79 Å². The van der Waals surface area contributed by atoms with E-state index < -0.39 is 0 Å². The molecule has 2 rings (SSSR count). The molecule has 0 unspecified atom stereocenters. The van der Waals surface area contributed by atoms with E-state index in [1.54, 1.807) is 0 Å². The molecule has 20 heavy (non-hydrogen) atoms. The SMILES string of the molecule is C=C(C)[C@@H]1CC=C(COC(=O)C[n+]2ccccc2)CC1. The summed E-state index contributed by atoms with van der Waals surface area (Å²) in [5.74, 6) is 0.401. The molecule has 0 radical (unpaired) electrons. The van der Waals surface area contributed by atoms with Gasteiger partial charge in [0.2, 0.25) is 6.54 Å². The van der Waals surface area contributed by atoms with Crippen molar-refractivity contribution in [2.75, 3.05) is 6.61 Å². The van der Waals surface area contributed by atoms with Gasteiger partial charge >= 0.3 is 5.97 Å². The molecule has 3 nitrogen and oxygen atoms in total. The van der Waals surface area contributed by atoms with Gasteiger partial charge in [0.25, 0.3) is 0 Å². The van der Waals surface area contributed by atoms with Gasteiger partial charge in [-0.15, -0.1) is 0 Å².